The monoisotopic (exact) mass is 274 g/mol. The Morgan fingerprint density at radius 1 is 1.05 bits per heavy atom. The Morgan fingerprint density at radius 3 is 2.25 bits per heavy atom. The number of halogens is 1. The first kappa shape index (κ1) is 13.2. The maximum Gasteiger partial charge on any atom is 0.215 e. The van der Waals surface area contributed by atoms with Crippen LogP contribution in [0.2, 0.25) is 0 Å². The molecule has 1 saturated heterocycles. The van der Waals surface area contributed by atoms with Crippen LogP contribution in [0, 0.1) is 5.82 Å². The maximum absolute atomic E-state index is 13.0. The second-order valence-corrected chi connectivity index (χ2v) is 4.63. The van der Waals surface area contributed by atoms with E-state index < -0.39 is 11.8 Å². The zero-order valence-electron chi connectivity index (χ0n) is 10.8. The molecule has 0 radical (unpaired) electrons. The highest BCUT2D eigenvalue weighted by atomic mass is 19.1. The van der Waals surface area contributed by atoms with Crippen LogP contribution in [-0.2, 0) is 15.3 Å². The van der Waals surface area contributed by atoms with Gasteiger partial charge in [0.15, 0.2) is 0 Å². The van der Waals surface area contributed by atoms with E-state index in [9.17, 15) is 4.39 Å². The van der Waals surface area contributed by atoms with Gasteiger partial charge in [0.2, 0.25) is 5.79 Å². The molecule has 0 spiro atoms. The summed E-state index contributed by atoms with van der Waals surface area (Å²) in [4.78, 5) is 3.99. The van der Waals surface area contributed by atoms with Crippen molar-refractivity contribution in [2.24, 2.45) is 5.73 Å². The fourth-order valence-electron chi connectivity index (χ4n) is 2.43. The molecule has 1 aliphatic heterocycles. The molecule has 1 fully saturated rings. The van der Waals surface area contributed by atoms with E-state index >= 15 is 0 Å². The minimum absolute atomic E-state index is 0.299. The molecule has 0 bridgehead atoms. The Bertz CT molecular complexity index is 568. The number of nitrogens with zero attached hydrogens (tertiary/aromatic N) is 1. The Morgan fingerprint density at radius 2 is 1.65 bits per heavy atom. The van der Waals surface area contributed by atoms with Crippen LogP contribution < -0.4 is 5.73 Å². The van der Waals surface area contributed by atoms with Crippen molar-refractivity contribution in [1.29, 1.82) is 0 Å². The molecule has 1 unspecified atom stereocenters. The predicted molar refractivity (Wildman–Crippen MR) is 71.1 cm³/mol. The normalized spacial score (nSPS) is 18.9. The number of ether oxygens (including phenoxy) is 2. The third kappa shape index (κ3) is 2.20. The second-order valence-electron chi connectivity index (χ2n) is 4.63. The van der Waals surface area contributed by atoms with Gasteiger partial charge in [0.1, 0.15) is 5.82 Å². The van der Waals surface area contributed by atoms with Gasteiger partial charge in [-0.15, -0.1) is 0 Å². The fourth-order valence-corrected chi connectivity index (χ4v) is 2.43. The average molecular weight is 274 g/mol. The summed E-state index contributed by atoms with van der Waals surface area (Å²) in [5.74, 6) is -1.34. The summed E-state index contributed by atoms with van der Waals surface area (Å²) in [7, 11) is 0. The number of hydrogen-bond acceptors (Lipinski definition) is 4. The molecule has 1 aromatic heterocycles. The topological polar surface area (TPSA) is 57.4 Å². The van der Waals surface area contributed by atoms with E-state index in [2.05, 4.69) is 4.98 Å². The molecule has 2 aromatic rings. The van der Waals surface area contributed by atoms with Crippen molar-refractivity contribution in [2.45, 2.75) is 11.8 Å². The van der Waals surface area contributed by atoms with Gasteiger partial charge in [-0.05, 0) is 29.8 Å². The number of hydrogen-bond donors (Lipinski definition) is 1. The highest BCUT2D eigenvalue weighted by Crippen LogP contribution is 2.40. The summed E-state index contributed by atoms with van der Waals surface area (Å²) in [6.07, 6.45) is 3.33. The number of rotatable bonds is 3. The van der Waals surface area contributed by atoms with E-state index in [1.807, 2.05) is 12.1 Å². The third-order valence-electron chi connectivity index (χ3n) is 3.44. The zero-order valence-corrected chi connectivity index (χ0v) is 10.8. The minimum Gasteiger partial charge on any atom is -0.342 e. The van der Waals surface area contributed by atoms with E-state index in [0.29, 0.717) is 13.2 Å². The highest BCUT2D eigenvalue weighted by Gasteiger charge is 2.45. The molecule has 0 amide bonds. The van der Waals surface area contributed by atoms with Crippen molar-refractivity contribution in [3.63, 3.8) is 0 Å². The van der Waals surface area contributed by atoms with Gasteiger partial charge in [0, 0.05) is 18.0 Å². The van der Waals surface area contributed by atoms with Crippen LogP contribution in [0.25, 0.3) is 0 Å². The lowest BCUT2D eigenvalue weighted by Gasteiger charge is -2.33. The van der Waals surface area contributed by atoms with Gasteiger partial charge in [-0.25, -0.2) is 4.39 Å². The molecule has 1 aliphatic rings. The SMILES string of the molecule is NC(c1ccc(F)cc1)C1(c2ccncc2)OCCO1. The van der Waals surface area contributed by atoms with Gasteiger partial charge < -0.3 is 15.2 Å². The van der Waals surface area contributed by atoms with Crippen molar-refractivity contribution in [3.05, 3.63) is 65.7 Å². The summed E-state index contributed by atoms with van der Waals surface area (Å²) in [5.41, 5.74) is 7.89. The molecule has 2 heterocycles. The smallest absolute Gasteiger partial charge is 0.215 e. The molecule has 3 rings (SSSR count). The van der Waals surface area contributed by atoms with Crippen LogP contribution in [0.4, 0.5) is 4.39 Å². The second kappa shape index (κ2) is 5.28. The number of nitrogens with two attached hydrogens (primary N) is 1. The number of pyridine rings is 1. The Hall–Kier alpha value is -1.82. The summed E-state index contributed by atoms with van der Waals surface area (Å²) in [6.45, 7) is 0.939. The summed E-state index contributed by atoms with van der Waals surface area (Å²) in [6, 6.07) is 9.13. The van der Waals surface area contributed by atoms with Gasteiger partial charge in [-0.3, -0.25) is 4.98 Å². The maximum atomic E-state index is 13.0. The van der Waals surface area contributed by atoms with Crippen molar-refractivity contribution < 1.29 is 13.9 Å². The quantitative estimate of drug-likeness (QED) is 0.931. The van der Waals surface area contributed by atoms with E-state index in [-0.39, 0.29) is 5.82 Å². The van der Waals surface area contributed by atoms with Crippen LogP contribution in [0.5, 0.6) is 0 Å². The van der Waals surface area contributed by atoms with E-state index in [4.69, 9.17) is 15.2 Å². The van der Waals surface area contributed by atoms with Crippen molar-refractivity contribution in [2.75, 3.05) is 13.2 Å². The molecule has 1 aromatic carbocycles. The molecular weight excluding hydrogens is 259 g/mol. The summed E-state index contributed by atoms with van der Waals surface area (Å²) >= 11 is 0. The standard InChI is InChI=1S/C15H15FN2O2/c16-13-3-1-11(2-4-13)14(17)15(19-9-10-20-15)12-5-7-18-8-6-12/h1-8,14H,9-10,17H2. The van der Waals surface area contributed by atoms with Gasteiger partial charge >= 0.3 is 0 Å². The lowest BCUT2D eigenvalue weighted by molar-refractivity contribution is -0.183. The first-order valence-corrected chi connectivity index (χ1v) is 6.42. The van der Waals surface area contributed by atoms with E-state index in [1.54, 1.807) is 24.5 Å². The first-order chi connectivity index (χ1) is 9.72. The van der Waals surface area contributed by atoms with Gasteiger partial charge in [-0.2, -0.15) is 0 Å². The third-order valence-corrected chi connectivity index (χ3v) is 3.44. The fraction of sp³-hybridized carbons (Fsp3) is 0.267. The molecule has 0 aliphatic carbocycles. The van der Waals surface area contributed by atoms with Gasteiger partial charge in [-0.1, -0.05) is 12.1 Å². The molecule has 5 heteroatoms. The summed E-state index contributed by atoms with van der Waals surface area (Å²) < 4.78 is 24.6. The van der Waals surface area contributed by atoms with Crippen molar-refractivity contribution >= 4 is 0 Å². The number of aromatic nitrogens is 1. The van der Waals surface area contributed by atoms with E-state index in [0.717, 1.165) is 11.1 Å². The largest absolute Gasteiger partial charge is 0.342 e. The number of benzene rings is 1. The van der Waals surface area contributed by atoms with E-state index in [1.165, 1.54) is 12.1 Å². The highest BCUT2D eigenvalue weighted by molar-refractivity contribution is 5.28. The van der Waals surface area contributed by atoms with Gasteiger partial charge in [0.25, 0.3) is 0 Å². The Kier molecular flexibility index (Phi) is 3.48. The van der Waals surface area contributed by atoms with Crippen molar-refractivity contribution in [1.82, 2.24) is 4.98 Å². The van der Waals surface area contributed by atoms with Crippen LogP contribution >= 0.6 is 0 Å². The molecule has 20 heavy (non-hydrogen) atoms. The van der Waals surface area contributed by atoms with Crippen LogP contribution in [0.1, 0.15) is 17.2 Å². The zero-order chi connectivity index (χ0) is 14.0. The molecule has 0 saturated carbocycles. The van der Waals surface area contributed by atoms with Gasteiger partial charge in [0.05, 0.1) is 19.3 Å². The van der Waals surface area contributed by atoms with Crippen LogP contribution in [0.15, 0.2) is 48.8 Å². The average Bonchev–Trinajstić information content (AvgIpc) is 2.99. The molecule has 2 N–H and O–H groups in total. The molecular formula is C15H15FN2O2. The molecule has 104 valence electrons. The van der Waals surface area contributed by atoms with Crippen LogP contribution in [-0.4, -0.2) is 18.2 Å². The lowest BCUT2D eigenvalue weighted by Crippen LogP contribution is -2.39. The summed E-state index contributed by atoms with van der Waals surface area (Å²) in [5, 5.41) is 0. The van der Waals surface area contributed by atoms with Crippen molar-refractivity contribution in [3.8, 4) is 0 Å². The predicted octanol–water partition coefficient (Wildman–Crippen LogP) is 2.12. The molecule has 4 nitrogen and oxygen atoms in total. The Balaban J connectivity index is 2.00. The Labute approximate surface area is 116 Å². The first-order valence-electron chi connectivity index (χ1n) is 6.42. The van der Waals surface area contributed by atoms with Crippen LogP contribution in [0.3, 0.4) is 0 Å². The molecule has 1 atom stereocenters. The minimum atomic E-state index is -1.04. The lowest BCUT2D eigenvalue weighted by atomic mass is 9.93.